The van der Waals surface area contributed by atoms with Crippen molar-refractivity contribution < 1.29 is 66.0 Å². The quantitative estimate of drug-likeness (QED) is 0.0650. The van der Waals surface area contributed by atoms with Crippen molar-refractivity contribution in [1.82, 2.24) is 19.8 Å². The van der Waals surface area contributed by atoms with Gasteiger partial charge in [0.1, 0.15) is 46.3 Å². The molecule has 2 aliphatic heterocycles. The van der Waals surface area contributed by atoms with Gasteiger partial charge in [-0.25, -0.2) is 38.9 Å². The summed E-state index contributed by atoms with van der Waals surface area (Å²) in [5, 5.41) is 0. The second kappa shape index (κ2) is 25.2. The van der Waals surface area contributed by atoms with E-state index in [9.17, 15) is 28.8 Å². The van der Waals surface area contributed by atoms with E-state index < -0.39 is 71.1 Å². The number of methoxy groups -OCH3 is 2. The lowest BCUT2D eigenvalue weighted by Gasteiger charge is -2.26. The van der Waals surface area contributed by atoms with Gasteiger partial charge in [0.05, 0.1) is 38.8 Å². The van der Waals surface area contributed by atoms with Crippen LogP contribution in [0.1, 0.15) is 88.4 Å². The topological polar surface area (TPSA) is 216 Å². The molecule has 412 valence electrons. The van der Waals surface area contributed by atoms with E-state index in [2.05, 4.69) is 9.97 Å². The van der Waals surface area contributed by atoms with E-state index in [1.807, 2.05) is 123 Å². The van der Waals surface area contributed by atoms with Crippen LogP contribution in [-0.4, -0.2) is 106 Å². The Balaban J connectivity index is 0.000000226. The molecule has 4 heterocycles. The molecule has 0 bridgehead atoms. The largest absolute Gasteiger partial charge is 0.493 e. The average Bonchev–Trinajstić information content (AvgIpc) is 4.19. The van der Waals surface area contributed by atoms with Gasteiger partial charge in [0, 0.05) is 35.8 Å². The van der Waals surface area contributed by atoms with Crippen molar-refractivity contribution in [3.63, 3.8) is 0 Å². The van der Waals surface area contributed by atoms with Gasteiger partial charge >= 0.3 is 24.1 Å². The predicted molar refractivity (Wildman–Crippen MR) is 286 cm³/mol. The van der Waals surface area contributed by atoms with E-state index in [1.54, 1.807) is 41.5 Å². The highest BCUT2D eigenvalue weighted by atomic mass is 16.6. The number of likely N-dealkylation sites (tertiary alicyclic amines) is 2. The number of hydrogen-bond donors (Lipinski definition) is 0. The molecule has 4 aromatic carbocycles. The first-order chi connectivity index (χ1) is 37.1. The first-order valence-electron chi connectivity index (χ1n) is 25.9. The second-order valence-electron chi connectivity index (χ2n) is 21.0. The normalized spacial score (nSPS) is 17.3. The highest BCUT2D eigenvalue weighted by molar-refractivity contribution is 6.01. The zero-order valence-corrected chi connectivity index (χ0v) is 45.9. The van der Waals surface area contributed by atoms with Gasteiger partial charge in [-0.15, -0.1) is 0 Å². The van der Waals surface area contributed by atoms with Crippen LogP contribution in [0.3, 0.4) is 0 Å². The van der Waals surface area contributed by atoms with Gasteiger partial charge in [-0.1, -0.05) is 60.7 Å². The third-order valence-corrected chi connectivity index (χ3v) is 12.7. The molecule has 2 saturated heterocycles. The smallest absolute Gasteiger partial charge is 0.417 e. The summed E-state index contributed by atoms with van der Waals surface area (Å²) < 4.78 is 44.1. The van der Waals surface area contributed by atoms with Crippen molar-refractivity contribution in [2.24, 2.45) is 11.8 Å². The fourth-order valence-electron chi connectivity index (χ4n) is 9.08. The Bertz CT molecular complexity index is 2860. The zero-order valence-electron chi connectivity index (χ0n) is 45.9. The summed E-state index contributed by atoms with van der Waals surface area (Å²) in [7, 11) is 2.47. The Morgan fingerprint density at radius 2 is 0.923 bits per heavy atom. The number of benzene rings is 4. The molecule has 18 heteroatoms. The molecule has 78 heavy (non-hydrogen) atoms. The Kier molecular flexibility index (Phi) is 18.6. The van der Waals surface area contributed by atoms with E-state index in [-0.39, 0.29) is 12.8 Å². The summed E-state index contributed by atoms with van der Waals surface area (Å²) in [6, 6.07) is 32.3. The Morgan fingerprint density at radius 1 is 0.551 bits per heavy atom. The van der Waals surface area contributed by atoms with E-state index in [0.717, 1.165) is 55.0 Å². The molecule has 2 aromatic heterocycles. The number of amides is 4. The Hall–Kier alpha value is -8.28. The number of rotatable bonds is 16. The molecule has 2 fully saturated rings. The Morgan fingerprint density at radius 3 is 1.27 bits per heavy atom. The van der Waals surface area contributed by atoms with Crippen molar-refractivity contribution in [3.8, 4) is 34.4 Å². The van der Waals surface area contributed by atoms with Gasteiger partial charge in [-0.05, 0) is 141 Å². The van der Waals surface area contributed by atoms with Gasteiger partial charge in [0.25, 0.3) is 0 Å². The number of ether oxygens (including phenoxy) is 6. The van der Waals surface area contributed by atoms with E-state index in [4.69, 9.17) is 37.3 Å². The Labute approximate surface area is 454 Å². The summed E-state index contributed by atoms with van der Waals surface area (Å²) in [5.74, 6) is 0.599. The third-order valence-electron chi connectivity index (χ3n) is 12.7. The number of oxazole rings is 2. The summed E-state index contributed by atoms with van der Waals surface area (Å²) in [6.45, 7) is 14.8. The van der Waals surface area contributed by atoms with Crippen LogP contribution in [0.25, 0.3) is 22.9 Å². The van der Waals surface area contributed by atoms with Gasteiger partial charge in [0.15, 0.2) is 0 Å². The van der Waals surface area contributed by atoms with Crippen LogP contribution in [0.2, 0.25) is 0 Å². The molecular weight excluding hydrogens is 1000 g/mol. The molecule has 4 amide bonds. The number of imide groups is 2. The number of esters is 2. The van der Waals surface area contributed by atoms with Crippen LogP contribution >= 0.6 is 0 Å². The molecule has 0 radical (unpaired) electrons. The van der Waals surface area contributed by atoms with Gasteiger partial charge in [-0.2, -0.15) is 0 Å². The molecule has 8 rings (SSSR count). The van der Waals surface area contributed by atoms with Crippen LogP contribution in [-0.2, 0) is 63.8 Å². The third kappa shape index (κ3) is 15.0. The molecule has 6 aromatic rings. The van der Waals surface area contributed by atoms with Crippen LogP contribution in [0.5, 0.6) is 11.5 Å². The monoisotopic (exact) mass is 1070 g/mol. The maximum atomic E-state index is 13.2. The summed E-state index contributed by atoms with van der Waals surface area (Å²) in [6.07, 6.45) is 0.438. The number of nitrogens with zero attached hydrogens (tertiary/aromatic N) is 4. The van der Waals surface area contributed by atoms with Crippen molar-refractivity contribution in [2.45, 2.75) is 117 Å². The van der Waals surface area contributed by atoms with E-state index in [1.165, 1.54) is 14.2 Å². The lowest BCUT2D eigenvalue weighted by molar-refractivity contribution is -0.149. The zero-order chi connectivity index (χ0) is 56.3. The summed E-state index contributed by atoms with van der Waals surface area (Å²) in [5.41, 5.74) is 3.58. The van der Waals surface area contributed by atoms with Crippen molar-refractivity contribution in [2.75, 3.05) is 27.4 Å². The maximum Gasteiger partial charge on any atom is 0.417 e. The molecule has 2 aliphatic rings. The van der Waals surface area contributed by atoms with Crippen LogP contribution in [0.15, 0.2) is 118 Å². The van der Waals surface area contributed by atoms with Crippen LogP contribution in [0.4, 0.5) is 9.59 Å². The molecule has 0 spiro atoms. The second-order valence-corrected chi connectivity index (χ2v) is 21.0. The van der Waals surface area contributed by atoms with Gasteiger partial charge in [-0.3, -0.25) is 9.59 Å². The highest BCUT2D eigenvalue weighted by Crippen LogP contribution is 2.33. The van der Waals surface area contributed by atoms with Crippen LogP contribution < -0.4 is 9.47 Å². The van der Waals surface area contributed by atoms with Crippen molar-refractivity contribution >= 4 is 35.9 Å². The lowest BCUT2D eigenvalue weighted by Crippen LogP contribution is -2.46. The number of carbonyl (C=O) groups excluding carboxylic acids is 6. The standard InChI is InChI=1S/2C30H34N2O7/c2*1-19-24(31-26(38-19)21-11-7-6-8-12-21)14-15-37-23-13-9-10-20(17-23)16-22-18-25(28(34)36-5)32(27(22)33)29(35)39-30(2,3)4/h2*6-13,17,22,25H,14-16,18H2,1-5H3/t22-,25+;22-,25-/m10/s1. The molecule has 0 saturated carbocycles. The summed E-state index contributed by atoms with van der Waals surface area (Å²) in [4.78, 5) is 87.6. The first-order valence-corrected chi connectivity index (χ1v) is 25.9. The predicted octanol–water partition coefficient (Wildman–Crippen LogP) is 10.3. The van der Waals surface area contributed by atoms with E-state index in [0.29, 0.717) is 62.2 Å². The summed E-state index contributed by atoms with van der Waals surface area (Å²) >= 11 is 0. The number of aromatic nitrogens is 2. The highest BCUT2D eigenvalue weighted by Gasteiger charge is 2.50. The fraction of sp³-hybridized carbons (Fsp3) is 0.400. The molecule has 4 atom stereocenters. The molecule has 0 unspecified atom stereocenters. The fourth-order valence-corrected chi connectivity index (χ4v) is 9.08. The minimum atomic E-state index is -1.02. The lowest BCUT2D eigenvalue weighted by atomic mass is 9.96. The molecule has 0 aliphatic carbocycles. The SMILES string of the molecule is COC(=O)[C@@H]1C[C@@H](Cc2cccc(OCCc3nc(-c4ccccc4)oc3C)c2)C(=O)N1C(=O)OC(C)(C)C.COC(=O)[C@@H]1C[C@H](Cc2cccc(OCCc3nc(-c4ccccc4)oc3C)c2)C(=O)N1C(=O)OC(C)(C)C. The minimum absolute atomic E-state index is 0.158. The number of hydrogen-bond acceptors (Lipinski definition) is 16. The van der Waals surface area contributed by atoms with Gasteiger partial charge < -0.3 is 37.3 Å². The number of carbonyl (C=O) groups is 6. The van der Waals surface area contributed by atoms with Crippen molar-refractivity contribution in [3.05, 3.63) is 143 Å². The van der Waals surface area contributed by atoms with Crippen molar-refractivity contribution in [1.29, 1.82) is 0 Å². The molecule has 18 nitrogen and oxygen atoms in total. The average molecular weight is 1070 g/mol. The van der Waals surface area contributed by atoms with E-state index >= 15 is 0 Å². The first kappa shape index (κ1) is 57.4. The maximum absolute atomic E-state index is 13.2. The number of aryl methyl sites for hydroxylation is 2. The van der Waals surface area contributed by atoms with Gasteiger partial charge in [0.2, 0.25) is 23.6 Å². The van der Waals surface area contributed by atoms with Crippen LogP contribution in [0, 0.1) is 25.7 Å². The minimum Gasteiger partial charge on any atom is -0.493 e. The molecular formula is C60H68N4O14. The molecule has 0 N–H and O–H groups in total.